The van der Waals surface area contributed by atoms with E-state index in [1.54, 1.807) is 19.1 Å². The molecule has 1 heterocycles. The molecule has 6 unspecified atom stereocenters. The molecule has 8 nitrogen and oxygen atoms in total. The van der Waals surface area contributed by atoms with Crippen LogP contribution in [0.4, 0.5) is 0 Å². The average molecular weight is 328 g/mol. The van der Waals surface area contributed by atoms with Gasteiger partial charge < -0.3 is 35.0 Å². The summed E-state index contributed by atoms with van der Waals surface area (Å²) >= 11 is 0. The van der Waals surface area contributed by atoms with Gasteiger partial charge in [0.2, 0.25) is 6.29 Å². The van der Waals surface area contributed by atoms with Crippen LogP contribution in [0.25, 0.3) is 0 Å². The lowest BCUT2D eigenvalue weighted by Gasteiger charge is -2.39. The van der Waals surface area contributed by atoms with Crippen molar-refractivity contribution >= 4 is 5.97 Å². The fourth-order valence-electron chi connectivity index (χ4n) is 2.28. The molecule has 1 fully saturated rings. The first kappa shape index (κ1) is 17.6. The Morgan fingerprint density at radius 3 is 2.30 bits per heavy atom. The van der Waals surface area contributed by atoms with Gasteiger partial charge in [0.15, 0.2) is 0 Å². The molecule has 0 aliphatic carbocycles. The maximum absolute atomic E-state index is 10.9. The van der Waals surface area contributed by atoms with Gasteiger partial charge in [0, 0.05) is 0 Å². The monoisotopic (exact) mass is 328 g/mol. The van der Waals surface area contributed by atoms with Crippen LogP contribution < -0.4 is 4.74 Å². The molecule has 0 saturated carbocycles. The van der Waals surface area contributed by atoms with Crippen LogP contribution >= 0.6 is 0 Å². The highest BCUT2D eigenvalue weighted by Gasteiger charge is 2.44. The van der Waals surface area contributed by atoms with Crippen molar-refractivity contribution in [3.8, 4) is 5.75 Å². The molecule has 1 aliphatic heterocycles. The van der Waals surface area contributed by atoms with Gasteiger partial charge in [-0.3, -0.25) is 4.79 Å². The van der Waals surface area contributed by atoms with Crippen LogP contribution in [-0.4, -0.2) is 68.8 Å². The molecule has 5 N–H and O–H groups in total. The van der Waals surface area contributed by atoms with E-state index >= 15 is 0 Å². The average Bonchev–Trinajstić information content (AvgIpc) is 2.55. The molecular weight excluding hydrogens is 308 g/mol. The van der Waals surface area contributed by atoms with Gasteiger partial charge in [-0.2, -0.15) is 0 Å². The van der Waals surface area contributed by atoms with E-state index in [0.717, 1.165) is 0 Å². The minimum Gasteiger partial charge on any atom is -0.481 e. The summed E-state index contributed by atoms with van der Waals surface area (Å²) < 4.78 is 10.6. The van der Waals surface area contributed by atoms with Crippen molar-refractivity contribution in [2.24, 2.45) is 0 Å². The van der Waals surface area contributed by atoms with Crippen molar-refractivity contribution < 1.29 is 39.8 Å². The van der Waals surface area contributed by atoms with Gasteiger partial charge in [0.25, 0.3) is 0 Å². The summed E-state index contributed by atoms with van der Waals surface area (Å²) in [6.07, 6.45) is -6.78. The summed E-state index contributed by atoms with van der Waals surface area (Å²) in [4.78, 5) is 10.9. The second-order valence-corrected chi connectivity index (χ2v) is 5.44. The lowest BCUT2D eigenvalue weighted by molar-refractivity contribution is -0.277. The Bertz CT molecular complexity index is 529. The third-order valence-corrected chi connectivity index (χ3v) is 3.85. The molecule has 128 valence electrons. The van der Waals surface area contributed by atoms with E-state index in [1.807, 2.05) is 0 Å². The lowest BCUT2D eigenvalue weighted by atomic mass is 9.99. The fraction of sp³-hybridized carbons (Fsp3) is 0.533. The van der Waals surface area contributed by atoms with E-state index < -0.39 is 49.2 Å². The molecule has 0 radical (unpaired) electrons. The number of ether oxygens (including phenoxy) is 2. The minimum atomic E-state index is -1.52. The number of aliphatic hydroxyl groups excluding tert-OH is 4. The summed E-state index contributed by atoms with van der Waals surface area (Å²) in [5.41, 5.74) is 0.582. The molecule has 1 aromatic carbocycles. The van der Waals surface area contributed by atoms with E-state index in [0.29, 0.717) is 5.56 Å². The number of benzene rings is 1. The van der Waals surface area contributed by atoms with Gasteiger partial charge in [-0.25, -0.2) is 0 Å². The summed E-state index contributed by atoms with van der Waals surface area (Å²) in [7, 11) is 0. The SMILES string of the molecule is CC(C(=O)O)c1ccc(OC2OC(CO)C(O)C(O)C2O)cc1. The van der Waals surface area contributed by atoms with E-state index in [4.69, 9.17) is 19.7 Å². The van der Waals surface area contributed by atoms with Gasteiger partial charge in [0.05, 0.1) is 12.5 Å². The number of aliphatic carboxylic acids is 1. The van der Waals surface area contributed by atoms with E-state index in [-0.39, 0.29) is 5.75 Å². The van der Waals surface area contributed by atoms with Crippen LogP contribution in [0.3, 0.4) is 0 Å². The summed E-state index contributed by atoms with van der Waals surface area (Å²) in [6.45, 7) is 1.01. The summed E-state index contributed by atoms with van der Waals surface area (Å²) in [5, 5.41) is 47.3. The van der Waals surface area contributed by atoms with E-state index in [2.05, 4.69) is 0 Å². The maximum atomic E-state index is 10.9. The van der Waals surface area contributed by atoms with Crippen LogP contribution in [0.15, 0.2) is 24.3 Å². The van der Waals surface area contributed by atoms with Crippen molar-refractivity contribution in [3.63, 3.8) is 0 Å². The number of carbonyl (C=O) groups is 1. The number of rotatable bonds is 5. The Hall–Kier alpha value is -1.71. The zero-order valence-electron chi connectivity index (χ0n) is 12.4. The van der Waals surface area contributed by atoms with Gasteiger partial charge in [-0.1, -0.05) is 12.1 Å². The Labute approximate surface area is 132 Å². The number of carboxylic acids is 1. The number of aliphatic hydroxyl groups is 4. The van der Waals surface area contributed by atoms with Crippen LogP contribution in [0.5, 0.6) is 5.75 Å². The number of hydrogen-bond acceptors (Lipinski definition) is 7. The predicted molar refractivity (Wildman–Crippen MR) is 76.9 cm³/mol. The molecule has 0 spiro atoms. The Balaban J connectivity index is 2.07. The van der Waals surface area contributed by atoms with Crippen LogP contribution in [0, 0.1) is 0 Å². The number of hydrogen-bond donors (Lipinski definition) is 5. The molecule has 0 bridgehead atoms. The largest absolute Gasteiger partial charge is 0.481 e. The zero-order valence-corrected chi connectivity index (χ0v) is 12.4. The topological polar surface area (TPSA) is 137 Å². The van der Waals surface area contributed by atoms with E-state index in [1.165, 1.54) is 12.1 Å². The van der Waals surface area contributed by atoms with Crippen LogP contribution in [0.2, 0.25) is 0 Å². The molecule has 1 aromatic rings. The molecule has 8 heteroatoms. The molecule has 1 saturated heterocycles. The first-order valence-electron chi connectivity index (χ1n) is 7.15. The second-order valence-electron chi connectivity index (χ2n) is 5.44. The standard InChI is InChI=1S/C15H20O8/c1-7(14(20)21)8-2-4-9(5-3-8)22-15-13(19)12(18)11(17)10(6-16)23-15/h2-5,7,10-13,15-19H,6H2,1H3,(H,20,21). The van der Waals surface area contributed by atoms with E-state index in [9.17, 15) is 20.1 Å². The molecule has 1 aliphatic rings. The minimum absolute atomic E-state index is 0.288. The molecule has 6 atom stereocenters. The molecule has 0 amide bonds. The first-order valence-corrected chi connectivity index (χ1v) is 7.15. The smallest absolute Gasteiger partial charge is 0.310 e. The van der Waals surface area contributed by atoms with Crippen molar-refractivity contribution in [2.75, 3.05) is 6.61 Å². The lowest BCUT2D eigenvalue weighted by Crippen LogP contribution is -2.60. The molecule has 0 aromatic heterocycles. The third-order valence-electron chi connectivity index (χ3n) is 3.85. The van der Waals surface area contributed by atoms with Gasteiger partial charge >= 0.3 is 5.97 Å². The van der Waals surface area contributed by atoms with Crippen molar-refractivity contribution in [3.05, 3.63) is 29.8 Å². The Morgan fingerprint density at radius 1 is 1.17 bits per heavy atom. The zero-order chi connectivity index (χ0) is 17.1. The first-order chi connectivity index (χ1) is 10.8. The molecule has 23 heavy (non-hydrogen) atoms. The second kappa shape index (κ2) is 7.24. The molecular formula is C15H20O8. The molecule has 2 rings (SSSR count). The van der Waals surface area contributed by atoms with Crippen molar-refractivity contribution in [1.82, 2.24) is 0 Å². The quantitative estimate of drug-likeness (QED) is 0.467. The normalized spacial score (nSPS) is 32.3. The van der Waals surface area contributed by atoms with Gasteiger partial charge in [-0.05, 0) is 24.6 Å². The van der Waals surface area contributed by atoms with Crippen molar-refractivity contribution in [1.29, 1.82) is 0 Å². The predicted octanol–water partition coefficient (Wildman–Crippen LogP) is -0.947. The third kappa shape index (κ3) is 3.80. The van der Waals surface area contributed by atoms with Crippen LogP contribution in [0.1, 0.15) is 18.4 Å². The maximum Gasteiger partial charge on any atom is 0.310 e. The van der Waals surface area contributed by atoms with Crippen molar-refractivity contribution in [2.45, 2.75) is 43.5 Å². The van der Waals surface area contributed by atoms with Gasteiger partial charge in [-0.15, -0.1) is 0 Å². The van der Waals surface area contributed by atoms with Crippen LogP contribution in [-0.2, 0) is 9.53 Å². The summed E-state index contributed by atoms with van der Waals surface area (Å²) in [6, 6.07) is 6.16. The highest BCUT2D eigenvalue weighted by Crippen LogP contribution is 2.25. The highest BCUT2D eigenvalue weighted by atomic mass is 16.7. The Kier molecular flexibility index (Phi) is 5.55. The summed E-state index contributed by atoms with van der Waals surface area (Å²) in [5.74, 6) is -1.33. The van der Waals surface area contributed by atoms with Gasteiger partial charge in [0.1, 0.15) is 30.2 Å². The number of carboxylic acid groups (broad SMARTS) is 1. The Morgan fingerprint density at radius 2 is 1.78 bits per heavy atom. The highest BCUT2D eigenvalue weighted by molar-refractivity contribution is 5.75. The fourth-order valence-corrected chi connectivity index (χ4v) is 2.28.